The van der Waals surface area contributed by atoms with E-state index >= 15 is 0 Å². The van der Waals surface area contributed by atoms with Crippen LogP contribution >= 0.6 is 11.8 Å². The van der Waals surface area contributed by atoms with Crippen molar-refractivity contribution in [2.45, 2.75) is 43.9 Å². The van der Waals surface area contributed by atoms with Gasteiger partial charge in [0, 0.05) is 6.92 Å². The lowest BCUT2D eigenvalue weighted by atomic mass is 9.94. The Morgan fingerprint density at radius 1 is 1.50 bits per heavy atom. The Kier molecular flexibility index (Phi) is 2.43. The van der Waals surface area contributed by atoms with Crippen molar-refractivity contribution in [2.24, 2.45) is 10.8 Å². The second-order valence-electron chi connectivity index (χ2n) is 3.88. The molecule has 0 aromatic heterocycles. The van der Waals surface area contributed by atoms with Gasteiger partial charge in [0.1, 0.15) is 4.87 Å². The Bertz CT molecular complexity index is 284. The number of amides is 1. The summed E-state index contributed by atoms with van der Waals surface area (Å²) in [5.41, 5.74) is 5.69. The average Bonchev–Trinajstić information content (AvgIpc) is 2.44. The highest BCUT2D eigenvalue weighted by atomic mass is 32.2. The second kappa shape index (κ2) is 3.46. The molecule has 1 aliphatic carbocycles. The van der Waals surface area contributed by atoms with Crippen molar-refractivity contribution in [3.05, 3.63) is 0 Å². The van der Waals surface area contributed by atoms with Crippen LogP contribution in [-0.2, 0) is 4.79 Å². The SMILES string of the molecule is CC(=O)N1N=C(N)SC12CCCCC2. The molecule has 14 heavy (non-hydrogen) atoms. The zero-order chi connectivity index (χ0) is 10.2. The molecular formula is C9H15N3OS. The van der Waals surface area contributed by atoms with Gasteiger partial charge in [-0.3, -0.25) is 4.79 Å². The third-order valence-corrected chi connectivity index (χ3v) is 4.06. The third-order valence-electron chi connectivity index (χ3n) is 2.81. The standard InChI is InChI=1S/C9H15N3OS/c1-7(13)12-9(14-8(10)11-12)5-3-2-4-6-9/h2-6H2,1H3,(H2,10,11). The van der Waals surface area contributed by atoms with Gasteiger partial charge in [-0.1, -0.05) is 31.0 Å². The van der Waals surface area contributed by atoms with Crippen LogP contribution in [0.5, 0.6) is 0 Å². The lowest BCUT2D eigenvalue weighted by Crippen LogP contribution is -2.44. The van der Waals surface area contributed by atoms with Crippen molar-refractivity contribution in [2.75, 3.05) is 0 Å². The fourth-order valence-electron chi connectivity index (χ4n) is 2.22. The van der Waals surface area contributed by atoms with Crippen LogP contribution in [0.4, 0.5) is 0 Å². The summed E-state index contributed by atoms with van der Waals surface area (Å²) in [5.74, 6) is -0.000139. The molecule has 78 valence electrons. The van der Waals surface area contributed by atoms with Crippen LogP contribution in [0.1, 0.15) is 39.0 Å². The molecule has 0 aromatic rings. The first-order valence-corrected chi connectivity index (χ1v) is 5.80. The average molecular weight is 213 g/mol. The van der Waals surface area contributed by atoms with E-state index in [1.165, 1.54) is 19.3 Å². The molecule has 1 amide bonds. The van der Waals surface area contributed by atoms with Gasteiger partial charge in [-0.25, -0.2) is 5.01 Å². The van der Waals surface area contributed by atoms with E-state index in [1.807, 2.05) is 0 Å². The van der Waals surface area contributed by atoms with Crippen molar-refractivity contribution in [1.82, 2.24) is 5.01 Å². The van der Waals surface area contributed by atoms with E-state index < -0.39 is 0 Å². The molecule has 2 rings (SSSR count). The molecule has 2 aliphatic rings. The van der Waals surface area contributed by atoms with Gasteiger partial charge < -0.3 is 5.73 Å². The van der Waals surface area contributed by atoms with E-state index in [4.69, 9.17) is 5.73 Å². The van der Waals surface area contributed by atoms with E-state index in [0.717, 1.165) is 12.8 Å². The van der Waals surface area contributed by atoms with E-state index in [0.29, 0.717) is 5.17 Å². The van der Waals surface area contributed by atoms with Gasteiger partial charge in [0.05, 0.1) is 0 Å². The van der Waals surface area contributed by atoms with Crippen molar-refractivity contribution in [3.8, 4) is 0 Å². The second-order valence-corrected chi connectivity index (χ2v) is 5.26. The lowest BCUT2D eigenvalue weighted by Gasteiger charge is -2.37. The van der Waals surface area contributed by atoms with Gasteiger partial charge >= 0.3 is 0 Å². The Hall–Kier alpha value is -0.710. The Labute approximate surface area is 87.9 Å². The van der Waals surface area contributed by atoms with Gasteiger partial charge in [-0.05, 0) is 12.8 Å². The van der Waals surface area contributed by atoms with E-state index in [2.05, 4.69) is 5.10 Å². The topological polar surface area (TPSA) is 58.7 Å². The van der Waals surface area contributed by atoms with Gasteiger partial charge in [0.2, 0.25) is 5.91 Å². The normalized spacial score (nSPS) is 25.2. The number of thioether (sulfide) groups is 1. The highest BCUT2D eigenvalue weighted by molar-refractivity contribution is 8.15. The number of hydrogen-bond donors (Lipinski definition) is 1. The quantitative estimate of drug-likeness (QED) is 0.663. The summed E-state index contributed by atoms with van der Waals surface area (Å²) < 4.78 is 0. The first kappa shape index (κ1) is 9.83. The van der Waals surface area contributed by atoms with Crippen molar-refractivity contribution in [3.63, 3.8) is 0 Å². The zero-order valence-corrected chi connectivity index (χ0v) is 9.14. The molecule has 2 N–H and O–H groups in total. The number of amidine groups is 1. The van der Waals surface area contributed by atoms with E-state index in [9.17, 15) is 4.79 Å². The minimum Gasteiger partial charge on any atom is -0.377 e. The van der Waals surface area contributed by atoms with Gasteiger partial charge in [0.15, 0.2) is 5.17 Å². The molecule has 5 heteroatoms. The monoisotopic (exact) mass is 213 g/mol. The summed E-state index contributed by atoms with van der Waals surface area (Å²) >= 11 is 1.56. The maximum Gasteiger partial charge on any atom is 0.240 e. The Morgan fingerprint density at radius 3 is 2.71 bits per heavy atom. The van der Waals surface area contributed by atoms with Crippen LogP contribution in [0.3, 0.4) is 0 Å². The zero-order valence-electron chi connectivity index (χ0n) is 8.32. The number of rotatable bonds is 0. The van der Waals surface area contributed by atoms with E-state index in [1.54, 1.807) is 23.7 Å². The van der Waals surface area contributed by atoms with Crippen LogP contribution in [0.25, 0.3) is 0 Å². The molecule has 1 saturated carbocycles. The molecule has 1 spiro atoms. The maximum atomic E-state index is 11.4. The number of carbonyl (C=O) groups is 1. The van der Waals surface area contributed by atoms with Crippen molar-refractivity contribution < 1.29 is 4.79 Å². The predicted molar refractivity (Wildman–Crippen MR) is 57.5 cm³/mol. The highest BCUT2D eigenvalue weighted by Gasteiger charge is 2.45. The molecule has 0 bridgehead atoms. The molecule has 0 saturated heterocycles. The molecule has 0 atom stereocenters. The van der Waals surface area contributed by atoms with Gasteiger partial charge in [0.25, 0.3) is 0 Å². The fraction of sp³-hybridized carbons (Fsp3) is 0.778. The first-order chi connectivity index (χ1) is 6.64. The summed E-state index contributed by atoms with van der Waals surface area (Å²) in [6.45, 7) is 1.55. The van der Waals surface area contributed by atoms with Crippen LogP contribution in [0.15, 0.2) is 5.10 Å². The number of carbonyl (C=O) groups excluding carboxylic acids is 1. The maximum absolute atomic E-state index is 11.4. The summed E-state index contributed by atoms with van der Waals surface area (Å²) in [7, 11) is 0. The predicted octanol–water partition coefficient (Wildman–Crippen LogP) is 1.47. The smallest absolute Gasteiger partial charge is 0.240 e. The molecule has 0 unspecified atom stereocenters. The summed E-state index contributed by atoms with van der Waals surface area (Å²) in [5, 5.41) is 6.23. The minimum absolute atomic E-state index is 0.000139. The van der Waals surface area contributed by atoms with Crippen LogP contribution in [0, 0.1) is 0 Å². The van der Waals surface area contributed by atoms with Crippen LogP contribution < -0.4 is 5.73 Å². The molecule has 0 aromatic carbocycles. The van der Waals surface area contributed by atoms with E-state index in [-0.39, 0.29) is 10.8 Å². The summed E-state index contributed by atoms with van der Waals surface area (Å²) in [6.07, 6.45) is 5.62. The first-order valence-electron chi connectivity index (χ1n) is 4.98. The van der Waals surface area contributed by atoms with Gasteiger partial charge in [-0.15, -0.1) is 5.10 Å². The van der Waals surface area contributed by atoms with Crippen LogP contribution in [-0.4, -0.2) is 21.0 Å². The number of nitrogens with two attached hydrogens (primary N) is 1. The van der Waals surface area contributed by atoms with Crippen LogP contribution in [0.2, 0.25) is 0 Å². The lowest BCUT2D eigenvalue weighted by molar-refractivity contribution is -0.132. The van der Waals surface area contributed by atoms with Crippen molar-refractivity contribution in [1.29, 1.82) is 0 Å². The highest BCUT2D eigenvalue weighted by Crippen LogP contribution is 2.46. The summed E-state index contributed by atoms with van der Waals surface area (Å²) in [4.78, 5) is 11.3. The number of nitrogens with zero attached hydrogens (tertiary/aromatic N) is 2. The molecule has 1 fully saturated rings. The number of hydrazone groups is 1. The molecule has 4 nitrogen and oxygen atoms in total. The largest absolute Gasteiger partial charge is 0.377 e. The molecule has 0 radical (unpaired) electrons. The number of hydrogen-bond acceptors (Lipinski definition) is 4. The fourth-order valence-corrected chi connectivity index (χ4v) is 3.48. The van der Waals surface area contributed by atoms with Gasteiger partial charge in [-0.2, -0.15) is 0 Å². The molecule has 1 heterocycles. The Balaban J connectivity index is 2.22. The van der Waals surface area contributed by atoms with Crippen molar-refractivity contribution >= 4 is 22.8 Å². The molecular weight excluding hydrogens is 198 g/mol. The molecule has 1 aliphatic heterocycles. The summed E-state index contributed by atoms with van der Waals surface area (Å²) in [6, 6.07) is 0. The Morgan fingerprint density at radius 2 is 2.14 bits per heavy atom. The minimum atomic E-state index is -0.145. The third kappa shape index (κ3) is 1.49.